The van der Waals surface area contributed by atoms with Crippen LogP contribution in [-0.4, -0.2) is 6.54 Å². The van der Waals surface area contributed by atoms with Crippen LogP contribution in [0.4, 0.5) is 0 Å². The smallest absolute Gasteiger partial charge is 0.0371 e. The minimum Gasteiger partial charge on any atom is -0.310 e. The van der Waals surface area contributed by atoms with Crippen molar-refractivity contribution in [1.82, 2.24) is 5.32 Å². The van der Waals surface area contributed by atoms with Gasteiger partial charge in [0.25, 0.3) is 0 Å². The molecule has 0 radical (unpaired) electrons. The van der Waals surface area contributed by atoms with Crippen molar-refractivity contribution >= 4 is 38.5 Å². The first-order valence-electron chi connectivity index (χ1n) is 6.84. The SMILES string of the molecule is CCNC(Cc1ccc(C)cc1)c1cc(Br)ccc1I. The molecule has 3 heteroatoms. The van der Waals surface area contributed by atoms with Crippen LogP contribution < -0.4 is 5.32 Å². The van der Waals surface area contributed by atoms with Gasteiger partial charge in [-0.3, -0.25) is 0 Å². The maximum absolute atomic E-state index is 3.60. The first kappa shape index (κ1) is 16.0. The number of halogens is 2. The number of hydrogen-bond donors (Lipinski definition) is 1. The molecule has 0 aromatic heterocycles. The van der Waals surface area contributed by atoms with E-state index in [9.17, 15) is 0 Å². The lowest BCUT2D eigenvalue weighted by molar-refractivity contribution is 0.547. The minimum absolute atomic E-state index is 0.354. The molecule has 0 saturated heterocycles. The van der Waals surface area contributed by atoms with Crippen molar-refractivity contribution in [2.24, 2.45) is 0 Å². The summed E-state index contributed by atoms with van der Waals surface area (Å²) in [6, 6.07) is 15.7. The van der Waals surface area contributed by atoms with Gasteiger partial charge in [-0.25, -0.2) is 0 Å². The van der Waals surface area contributed by atoms with E-state index in [4.69, 9.17) is 0 Å². The Morgan fingerprint density at radius 2 is 1.85 bits per heavy atom. The van der Waals surface area contributed by atoms with Gasteiger partial charge in [0.05, 0.1) is 0 Å². The molecular formula is C17H19BrIN. The Morgan fingerprint density at radius 3 is 2.50 bits per heavy atom. The van der Waals surface area contributed by atoms with Gasteiger partial charge < -0.3 is 5.32 Å². The molecule has 0 saturated carbocycles. The van der Waals surface area contributed by atoms with Gasteiger partial charge in [0.1, 0.15) is 0 Å². The Labute approximate surface area is 143 Å². The minimum atomic E-state index is 0.354. The summed E-state index contributed by atoms with van der Waals surface area (Å²) in [6.07, 6.45) is 1.01. The average Bonchev–Trinajstić information content (AvgIpc) is 2.43. The number of rotatable bonds is 5. The topological polar surface area (TPSA) is 12.0 Å². The summed E-state index contributed by atoms with van der Waals surface area (Å²) < 4.78 is 2.45. The summed E-state index contributed by atoms with van der Waals surface area (Å²) in [5, 5.41) is 3.60. The molecule has 0 fully saturated rings. The summed E-state index contributed by atoms with van der Waals surface area (Å²) in [5.41, 5.74) is 4.05. The molecule has 0 heterocycles. The van der Waals surface area contributed by atoms with Crippen molar-refractivity contribution in [2.75, 3.05) is 6.54 Å². The van der Waals surface area contributed by atoms with Crippen LogP contribution >= 0.6 is 38.5 Å². The van der Waals surface area contributed by atoms with E-state index in [2.05, 4.69) is 100 Å². The Balaban J connectivity index is 2.26. The van der Waals surface area contributed by atoms with Crippen molar-refractivity contribution in [3.05, 3.63) is 67.2 Å². The van der Waals surface area contributed by atoms with Gasteiger partial charge in [0.15, 0.2) is 0 Å². The summed E-state index contributed by atoms with van der Waals surface area (Å²) in [4.78, 5) is 0. The van der Waals surface area contributed by atoms with Crippen molar-refractivity contribution < 1.29 is 0 Å². The molecule has 2 rings (SSSR count). The third-order valence-corrected chi connectivity index (χ3v) is 4.82. The third kappa shape index (κ3) is 4.30. The first-order valence-corrected chi connectivity index (χ1v) is 8.71. The predicted octanol–water partition coefficient (Wildman–Crippen LogP) is 5.26. The monoisotopic (exact) mass is 443 g/mol. The molecule has 20 heavy (non-hydrogen) atoms. The molecule has 106 valence electrons. The Hall–Kier alpha value is -0.390. The van der Waals surface area contributed by atoms with E-state index < -0.39 is 0 Å². The molecule has 1 atom stereocenters. The van der Waals surface area contributed by atoms with Gasteiger partial charge in [0.2, 0.25) is 0 Å². The largest absolute Gasteiger partial charge is 0.310 e. The number of benzene rings is 2. The Morgan fingerprint density at radius 1 is 1.15 bits per heavy atom. The maximum atomic E-state index is 3.60. The van der Waals surface area contributed by atoms with E-state index >= 15 is 0 Å². The fourth-order valence-corrected chi connectivity index (χ4v) is 3.37. The lowest BCUT2D eigenvalue weighted by Crippen LogP contribution is -2.23. The molecule has 2 aromatic rings. The van der Waals surface area contributed by atoms with E-state index in [-0.39, 0.29) is 0 Å². The summed E-state index contributed by atoms with van der Waals surface area (Å²) in [6.45, 7) is 5.26. The second-order valence-corrected chi connectivity index (χ2v) is 7.04. The fraction of sp³-hybridized carbons (Fsp3) is 0.294. The summed E-state index contributed by atoms with van der Waals surface area (Å²) in [5.74, 6) is 0. The zero-order valence-corrected chi connectivity index (χ0v) is 15.5. The zero-order valence-electron chi connectivity index (χ0n) is 11.8. The van der Waals surface area contributed by atoms with Crippen molar-refractivity contribution in [1.29, 1.82) is 0 Å². The van der Waals surface area contributed by atoms with Crippen molar-refractivity contribution in [3.63, 3.8) is 0 Å². The highest BCUT2D eigenvalue weighted by atomic mass is 127. The number of likely N-dealkylation sites (N-methyl/N-ethyl adjacent to an activating group) is 1. The molecule has 1 unspecified atom stereocenters. The zero-order chi connectivity index (χ0) is 14.5. The van der Waals surface area contributed by atoms with Crippen LogP contribution in [0, 0.1) is 10.5 Å². The average molecular weight is 444 g/mol. The van der Waals surface area contributed by atoms with Gasteiger partial charge in [-0.2, -0.15) is 0 Å². The number of nitrogens with one attached hydrogen (secondary N) is 1. The predicted molar refractivity (Wildman–Crippen MR) is 98.2 cm³/mol. The van der Waals surface area contributed by atoms with Gasteiger partial charge in [-0.05, 0) is 71.8 Å². The van der Waals surface area contributed by atoms with Crippen LogP contribution in [0.3, 0.4) is 0 Å². The van der Waals surface area contributed by atoms with Gasteiger partial charge >= 0.3 is 0 Å². The highest BCUT2D eigenvalue weighted by Gasteiger charge is 2.14. The normalized spacial score (nSPS) is 12.4. The van der Waals surface area contributed by atoms with Crippen LogP contribution in [0.25, 0.3) is 0 Å². The van der Waals surface area contributed by atoms with Crippen LogP contribution in [-0.2, 0) is 6.42 Å². The van der Waals surface area contributed by atoms with Crippen LogP contribution in [0.15, 0.2) is 46.9 Å². The molecule has 0 aliphatic carbocycles. The molecule has 1 nitrogen and oxygen atoms in total. The molecule has 0 spiro atoms. The number of hydrogen-bond acceptors (Lipinski definition) is 1. The van der Waals surface area contributed by atoms with Crippen molar-refractivity contribution in [3.8, 4) is 0 Å². The van der Waals surface area contributed by atoms with Crippen LogP contribution in [0.5, 0.6) is 0 Å². The van der Waals surface area contributed by atoms with Gasteiger partial charge in [-0.1, -0.05) is 52.7 Å². The first-order chi connectivity index (χ1) is 9.60. The highest BCUT2D eigenvalue weighted by molar-refractivity contribution is 14.1. The number of aryl methyl sites for hydroxylation is 1. The molecule has 0 bridgehead atoms. The lowest BCUT2D eigenvalue weighted by Gasteiger charge is -2.20. The molecule has 0 aliphatic rings. The van der Waals surface area contributed by atoms with Crippen LogP contribution in [0.1, 0.15) is 29.7 Å². The highest BCUT2D eigenvalue weighted by Crippen LogP contribution is 2.26. The molecule has 1 N–H and O–H groups in total. The van der Waals surface area contributed by atoms with Crippen molar-refractivity contribution in [2.45, 2.75) is 26.3 Å². The standard InChI is InChI=1S/C17H19BrIN/c1-3-20-17(10-13-6-4-12(2)5-7-13)15-11-14(18)8-9-16(15)19/h4-9,11,17,20H,3,10H2,1-2H3. The summed E-state index contributed by atoms with van der Waals surface area (Å²) >= 11 is 6.00. The third-order valence-electron chi connectivity index (χ3n) is 3.34. The quantitative estimate of drug-likeness (QED) is 0.622. The molecule has 0 amide bonds. The van der Waals surface area contributed by atoms with Gasteiger partial charge in [0, 0.05) is 14.1 Å². The maximum Gasteiger partial charge on any atom is 0.0371 e. The van der Waals surface area contributed by atoms with E-state index in [0.717, 1.165) is 17.4 Å². The second kappa shape index (κ2) is 7.57. The lowest BCUT2D eigenvalue weighted by atomic mass is 9.98. The Bertz CT molecular complexity index is 566. The molecular weight excluding hydrogens is 425 g/mol. The fourth-order valence-electron chi connectivity index (χ4n) is 2.28. The summed E-state index contributed by atoms with van der Waals surface area (Å²) in [7, 11) is 0. The second-order valence-electron chi connectivity index (χ2n) is 4.97. The molecule has 2 aromatic carbocycles. The van der Waals surface area contributed by atoms with E-state index in [1.54, 1.807) is 0 Å². The molecule has 0 aliphatic heterocycles. The van der Waals surface area contributed by atoms with Crippen LogP contribution in [0.2, 0.25) is 0 Å². The Kier molecular flexibility index (Phi) is 6.05. The van der Waals surface area contributed by atoms with E-state index in [1.807, 2.05) is 0 Å². The van der Waals surface area contributed by atoms with E-state index in [1.165, 1.54) is 20.3 Å². The van der Waals surface area contributed by atoms with Gasteiger partial charge in [-0.15, -0.1) is 0 Å². The van der Waals surface area contributed by atoms with E-state index in [0.29, 0.717) is 6.04 Å².